The molecule has 6 nitrogen and oxygen atoms in total. The van der Waals surface area contributed by atoms with Crippen molar-refractivity contribution in [3.63, 3.8) is 0 Å². The smallest absolute Gasteiger partial charge is 0.267 e. The minimum absolute atomic E-state index is 0.164. The second-order valence-electron chi connectivity index (χ2n) is 6.10. The van der Waals surface area contributed by atoms with Gasteiger partial charge in [0.1, 0.15) is 0 Å². The summed E-state index contributed by atoms with van der Waals surface area (Å²) in [6, 6.07) is 7.08. The van der Waals surface area contributed by atoms with E-state index >= 15 is 0 Å². The molecule has 0 spiro atoms. The molecule has 1 aliphatic carbocycles. The number of fused-ring (bicyclic) bond motifs is 1. The first kappa shape index (κ1) is 16.4. The minimum Gasteiger partial charge on any atom is -0.267 e. The topological polar surface area (TPSA) is 76.3 Å². The van der Waals surface area contributed by atoms with Crippen molar-refractivity contribution in [2.75, 3.05) is 0 Å². The Bertz CT molecular complexity index is 831. The van der Waals surface area contributed by atoms with Crippen LogP contribution in [0.5, 0.6) is 0 Å². The molecule has 0 aliphatic heterocycles. The fraction of sp³-hybridized carbons (Fsp3) is 0.444. The third kappa shape index (κ3) is 3.37. The molecule has 1 heterocycles. The number of hydrazone groups is 1. The van der Waals surface area contributed by atoms with E-state index < -0.39 is 0 Å². The highest BCUT2D eigenvalue weighted by Gasteiger charge is 2.16. The van der Waals surface area contributed by atoms with Crippen LogP contribution in [-0.2, 0) is 6.54 Å². The number of nitrogens with zero attached hydrogens (tertiary/aromatic N) is 3. The molecule has 0 saturated heterocycles. The number of aromatic nitrogens is 2. The molecular formula is C18H22N4O2. The van der Waals surface area contributed by atoms with E-state index in [0.717, 1.165) is 37.8 Å². The Morgan fingerprint density at radius 1 is 1.21 bits per heavy atom. The zero-order chi connectivity index (χ0) is 16.9. The lowest BCUT2D eigenvalue weighted by molar-refractivity contribution is 0.0949. The third-order valence-corrected chi connectivity index (χ3v) is 4.26. The van der Waals surface area contributed by atoms with Gasteiger partial charge in [0.15, 0.2) is 5.69 Å². The van der Waals surface area contributed by atoms with Crippen LogP contribution in [0.2, 0.25) is 0 Å². The van der Waals surface area contributed by atoms with Crippen molar-refractivity contribution < 1.29 is 4.79 Å². The molecule has 1 saturated carbocycles. The van der Waals surface area contributed by atoms with Crippen molar-refractivity contribution in [2.24, 2.45) is 5.10 Å². The first-order valence-corrected chi connectivity index (χ1v) is 8.56. The Hall–Kier alpha value is -2.50. The summed E-state index contributed by atoms with van der Waals surface area (Å²) >= 11 is 0. The summed E-state index contributed by atoms with van der Waals surface area (Å²) in [7, 11) is 0. The average Bonchev–Trinajstić information content (AvgIpc) is 2.63. The molecule has 3 rings (SSSR count). The molecule has 2 aromatic rings. The van der Waals surface area contributed by atoms with Gasteiger partial charge in [0.05, 0.1) is 5.39 Å². The lowest BCUT2D eigenvalue weighted by Crippen LogP contribution is -2.29. The Kier molecular flexibility index (Phi) is 5.03. The van der Waals surface area contributed by atoms with E-state index in [1.54, 1.807) is 24.3 Å². The number of aryl methyl sites for hydroxylation is 1. The van der Waals surface area contributed by atoms with Crippen molar-refractivity contribution in [3.05, 3.63) is 40.3 Å². The van der Waals surface area contributed by atoms with E-state index in [-0.39, 0.29) is 17.2 Å². The van der Waals surface area contributed by atoms with E-state index in [1.807, 2.05) is 6.92 Å². The van der Waals surface area contributed by atoms with Gasteiger partial charge >= 0.3 is 0 Å². The monoisotopic (exact) mass is 326 g/mol. The molecule has 1 fully saturated rings. The standard InChI is InChI=1S/C18H22N4O2/c1-2-12-22-18(24)15-11-7-6-10-14(15)16(21-22)17(23)20-19-13-8-4-3-5-9-13/h6-7,10-11H,2-5,8-9,12H2,1H3,(H,20,23). The molecule has 24 heavy (non-hydrogen) atoms. The number of carbonyl (C=O) groups excluding carboxylic acids is 1. The normalized spacial score (nSPS) is 14.6. The summed E-state index contributed by atoms with van der Waals surface area (Å²) in [5.41, 5.74) is 3.73. The summed E-state index contributed by atoms with van der Waals surface area (Å²) in [5.74, 6) is -0.367. The molecule has 0 unspecified atom stereocenters. The van der Waals surface area contributed by atoms with E-state index in [0.29, 0.717) is 17.3 Å². The summed E-state index contributed by atoms with van der Waals surface area (Å²) in [5, 5.41) is 9.61. The number of hydrogen-bond donors (Lipinski definition) is 1. The van der Waals surface area contributed by atoms with Crippen molar-refractivity contribution in [2.45, 2.75) is 52.0 Å². The number of nitrogens with one attached hydrogen (secondary N) is 1. The second kappa shape index (κ2) is 7.38. The lowest BCUT2D eigenvalue weighted by Gasteiger charge is -2.13. The fourth-order valence-corrected chi connectivity index (χ4v) is 3.02. The number of hydrogen-bond acceptors (Lipinski definition) is 4. The Morgan fingerprint density at radius 2 is 1.92 bits per heavy atom. The maximum atomic E-state index is 12.6. The summed E-state index contributed by atoms with van der Waals surface area (Å²) in [4.78, 5) is 25.0. The van der Waals surface area contributed by atoms with Gasteiger partial charge in [-0.1, -0.05) is 31.5 Å². The summed E-state index contributed by atoms with van der Waals surface area (Å²) in [6.45, 7) is 2.45. The molecule has 0 atom stereocenters. The average molecular weight is 326 g/mol. The van der Waals surface area contributed by atoms with Crippen LogP contribution >= 0.6 is 0 Å². The first-order valence-electron chi connectivity index (χ1n) is 8.56. The van der Waals surface area contributed by atoms with Crippen LogP contribution in [0, 0.1) is 0 Å². The van der Waals surface area contributed by atoms with Gasteiger partial charge in [-0.2, -0.15) is 10.2 Å². The maximum absolute atomic E-state index is 12.6. The highest BCUT2D eigenvalue weighted by Crippen LogP contribution is 2.15. The molecule has 1 aliphatic rings. The van der Waals surface area contributed by atoms with E-state index in [2.05, 4.69) is 15.6 Å². The van der Waals surface area contributed by atoms with Crippen LogP contribution in [0.25, 0.3) is 10.8 Å². The van der Waals surface area contributed by atoms with Crippen LogP contribution in [0.1, 0.15) is 55.9 Å². The molecule has 1 amide bonds. The predicted molar refractivity (Wildman–Crippen MR) is 94.3 cm³/mol. The van der Waals surface area contributed by atoms with Crippen LogP contribution in [-0.4, -0.2) is 21.4 Å². The third-order valence-electron chi connectivity index (χ3n) is 4.26. The number of benzene rings is 1. The van der Waals surface area contributed by atoms with Gasteiger partial charge in [-0.05, 0) is 38.2 Å². The van der Waals surface area contributed by atoms with Gasteiger partial charge < -0.3 is 0 Å². The maximum Gasteiger partial charge on any atom is 0.292 e. The quantitative estimate of drug-likeness (QED) is 0.878. The van der Waals surface area contributed by atoms with E-state index in [1.165, 1.54) is 11.1 Å². The van der Waals surface area contributed by atoms with E-state index in [9.17, 15) is 9.59 Å². The van der Waals surface area contributed by atoms with Crippen LogP contribution in [0.4, 0.5) is 0 Å². The highest BCUT2D eigenvalue weighted by atomic mass is 16.2. The zero-order valence-electron chi connectivity index (χ0n) is 13.9. The number of carbonyl (C=O) groups is 1. The molecule has 1 N–H and O–H groups in total. The minimum atomic E-state index is -0.367. The van der Waals surface area contributed by atoms with Crippen LogP contribution < -0.4 is 11.0 Å². The predicted octanol–water partition coefficient (Wildman–Crippen LogP) is 2.86. The van der Waals surface area contributed by atoms with Crippen molar-refractivity contribution in [1.29, 1.82) is 0 Å². The molecule has 0 bridgehead atoms. The van der Waals surface area contributed by atoms with Crippen LogP contribution in [0.3, 0.4) is 0 Å². The van der Waals surface area contributed by atoms with Crippen molar-refractivity contribution in [1.82, 2.24) is 15.2 Å². The summed E-state index contributed by atoms with van der Waals surface area (Å²) < 4.78 is 1.37. The van der Waals surface area contributed by atoms with Crippen LogP contribution in [0.15, 0.2) is 34.2 Å². The summed E-state index contributed by atoms with van der Waals surface area (Å²) in [6.07, 6.45) is 6.11. The lowest BCUT2D eigenvalue weighted by atomic mass is 9.99. The molecule has 6 heteroatoms. The van der Waals surface area contributed by atoms with Gasteiger partial charge in [0.2, 0.25) is 0 Å². The van der Waals surface area contributed by atoms with E-state index in [4.69, 9.17) is 0 Å². The van der Waals surface area contributed by atoms with Crippen molar-refractivity contribution in [3.8, 4) is 0 Å². The molecule has 0 radical (unpaired) electrons. The van der Waals surface area contributed by atoms with Gasteiger partial charge in [-0.15, -0.1) is 0 Å². The fourth-order valence-electron chi connectivity index (χ4n) is 3.02. The van der Waals surface area contributed by atoms with Crippen molar-refractivity contribution >= 4 is 22.4 Å². The molecule has 126 valence electrons. The number of rotatable bonds is 4. The zero-order valence-corrected chi connectivity index (χ0v) is 13.9. The second-order valence-corrected chi connectivity index (χ2v) is 6.10. The molecular weight excluding hydrogens is 304 g/mol. The molecule has 1 aromatic heterocycles. The SMILES string of the molecule is CCCn1nc(C(=O)NN=C2CCCCC2)c2ccccc2c1=O. The van der Waals surface area contributed by atoms with Gasteiger partial charge in [-0.25, -0.2) is 10.1 Å². The largest absolute Gasteiger partial charge is 0.292 e. The van der Waals surface area contributed by atoms with Gasteiger partial charge in [0, 0.05) is 17.6 Å². The first-order chi connectivity index (χ1) is 11.7. The highest BCUT2D eigenvalue weighted by molar-refractivity contribution is 6.05. The number of amides is 1. The Balaban J connectivity index is 1.96. The Morgan fingerprint density at radius 3 is 2.62 bits per heavy atom. The Labute approximate surface area is 140 Å². The molecule has 1 aromatic carbocycles. The van der Waals surface area contributed by atoms with Gasteiger partial charge in [-0.3, -0.25) is 9.59 Å². The van der Waals surface area contributed by atoms with Gasteiger partial charge in [0.25, 0.3) is 11.5 Å².